The number of benzene rings is 1. The molecule has 0 aromatic heterocycles. The third-order valence-corrected chi connectivity index (χ3v) is 2.14. The number of hydrogen-bond acceptors (Lipinski definition) is 2. The van der Waals surface area contributed by atoms with Gasteiger partial charge < -0.3 is 23.6 Å². The number of nitrogens with one attached hydrogen (secondary N) is 2. The van der Waals surface area contributed by atoms with Crippen LogP contribution in [0.1, 0.15) is 0 Å². The van der Waals surface area contributed by atoms with Crippen molar-refractivity contribution in [1.29, 1.82) is 0 Å². The third-order valence-electron chi connectivity index (χ3n) is 2.14. The van der Waals surface area contributed by atoms with Crippen molar-refractivity contribution in [3.63, 3.8) is 0 Å². The smallest absolute Gasteiger partial charge is 0.445 e. The average molecular weight is 254 g/mol. The summed E-state index contributed by atoms with van der Waals surface area (Å²) in [4.78, 5) is 10.9. The van der Waals surface area contributed by atoms with Gasteiger partial charge >= 0.3 is 58.4 Å². The van der Waals surface area contributed by atoms with E-state index in [9.17, 15) is 17.7 Å². The normalized spacial score (nSPS) is 14.3. The van der Waals surface area contributed by atoms with E-state index in [1.54, 1.807) is 0 Å². The molecule has 1 aromatic rings. The zero-order valence-electron chi connectivity index (χ0n) is 8.56. The van der Waals surface area contributed by atoms with Gasteiger partial charge in [0.15, 0.2) is 0 Å². The first kappa shape index (κ1) is 14.0. The maximum atomic E-state index is 12.4. The number of fused-ring (bicyclic) bond motifs is 1. The number of carbonyl (C=O) groups excluding carboxylic acids is 1. The van der Waals surface area contributed by atoms with Gasteiger partial charge in [-0.05, 0) is 6.07 Å². The SMILES string of the molecule is O=C1CNc2cc([B-](F)(F)F)ccc2N1.[K+]. The summed E-state index contributed by atoms with van der Waals surface area (Å²) in [5.41, 5.74) is 0.0266. The fourth-order valence-corrected chi connectivity index (χ4v) is 1.39. The van der Waals surface area contributed by atoms with Crippen LogP contribution < -0.4 is 67.5 Å². The summed E-state index contributed by atoms with van der Waals surface area (Å²) in [6.07, 6.45) is 0. The molecule has 2 N–H and O–H groups in total. The van der Waals surface area contributed by atoms with Crippen LogP contribution in [0.3, 0.4) is 0 Å². The first-order valence-corrected chi connectivity index (χ1v) is 4.34. The second-order valence-corrected chi connectivity index (χ2v) is 3.28. The summed E-state index contributed by atoms with van der Waals surface area (Å²) >= 11 is 0. The van der Waals surface area contributed by atoms with Gasteiger partial charge in [-0.15, -0.1) is 5.46 Å². The molecule has 0 bridgehead atoms. The molecule has 0 radical (unpaired) electrons. The summed E-state index contributed by atoms with van der Waals surface area (Å²) in [7, 11) is 0. The molecule has 3 nitrogen and oxygen atoms in total. The number of hydrogen-bond donors (Lipinski definition) is 2. The average Bonchev–Trinajstić information content (AvgIpc) is 2.15. The van der Waals surface area contributed by atoms with E-state index in [2.05, 4.69) is 10.6 Å². The van der Waals surface area contributed by atoms with Crippen LogP contribution in [-0.2, 0) is 4.79 Å². The fourth-order valence-electron chi connectivity index (χ4n) is 1.39. The van der Waals surface area contributed by atoms with Gasteiger partial charge in [-0.1, -0.05) is 12.1 Å². The van der Waals surface area contributed by atoms with Crippen LogP contribution in [-0.4, -0.2) is 19.4 Å². The molecule has 1 aliphatic heterocycles. The topological polar surface area (TPSA) is 41.1 Å². The Labute approximate surface area is 133 Å². The number of carbonyl (C=O) groups is 1. The summed E-state index contributed by atoms with van der Waals surface area (Å²) in [6.45, 7) is -4.99. The van der Waals surface area contributed by atoms with Crippen LogP contribution in [0.15, 0.2) is 18.2 Å². The second-order valence-electron chi connectivity index (χ2n) is 3.28. The zero-order chi connectivity index (χ0) is 11.1. The van der Waals surface area contributed by atoms with Crippen LogP contribution in [0.5, 0.6) is 0 Å². The number of halogens is 3. The Kier molecular flexibility index (Phi) is 4.47. The molecule has 1 heterocycles. The Bertz CT molecular complexity index is 424. The van der Waals surface area contributed by atoms with Gasteiger partial charge in [0.25, 0.3) is 0 Å². The van der Waals surface area contributed by atoms with Crippen LogP contribution >= 0.6 is 0 Å². The molecule has 0 atom stereocenters. The molecule has 16 heavy (non-hydrogen) atoms. The van der Waals surface area contributed by atoms with Crippen LogP contribution in [0.2, 0.25) is 0 Å². The minimum atomic E-state index is -4.99. The number of rotatable bonds is 1. The Morgan fingerprint density at radius 3 is 2.50 bits per heavy atom. The molecule has 0 saturated heterocycles. The number of anilines is 2. The van der Waals surface area contributed by atoms with E-state index in [1.165, 1.54) is 6.07 Å². The molecule has 1 aliphatic rings. The van der Waals surface area contributed by atoms with Crippen LogP contribution in [0.25, 0.3) is 0 Å². The van der Waals surface area contributed by atoms with Gasteiger partial charge in [0.1, 0.15) is 0 Å². The second kappa shape index (κ2) is 5.09. The van der Waals surface area contributed by atoms with Crippen molar-refractivity contribution in [2.45, 2.75) is 0 Å². The Morgan fingerprint density at radius 1 is 1.19 bits per heavy atom. The summed E-state index contributed by atoms with van der Waals surface area (Å²) < 4.78 is 37.1. The van der Waals surface area contributed by atoms with E-state index in [0.717, 1.165) is 12.1 Å². The van der Waals surface area contributed by atoms with Crippen molar-refractivity contribution < 1.29 is 69.1 Å². The van der Waals surface area contributed by atoms with Gasteiger partial charge in [-0.2, -0.15) is 0 Å². The molecule has 0 aliphatic carbocycles. The monoisotopic (exact) mass is 254 g/mol. The summed E-state index contributed by atoms with van der Waals surface area (Å²) in [5, 5.41) is 5.10. The maximum Gasteiger partial charge on any atom is 1.00 e. The van der Waals surface area contributed by atoms with Gasteiger partial charge in [0.2, 0.25) is 5.91 Å². The van der Waals surface area contributed by atoms with Crippen molar-refractivity contribution in [1.82, 2.24) is 0 Å². The number of amides is 1. The van der Waals surface area contributed by atoms with Crippen molar-refractivity contribution >= 4 is 29.7 Å². The molecular formula is C8H7BF3KN2O. The third kappa shape index (κ3) is 3.01. The van der Waals surface area contributed by atoms with E-state index in [1.807, 2.05) is 0 Å². The van der Waals surface area contributed by atoms with Crippen molar-refractivity contribution in [3.05, 3.63) is 18.2 Å². The van der Waals surface area contributed by atoms with E-state index in [-0.39, 0.29) is 63.8 Å². The van der Waals surface area contributed by atoms with E-state index >= 15 is 0 Å². The Hall–Kier alpha value is -0.0187. The standard InChI is InChI=1S/C8H7BF3N2O.K/c10-9(11,12)5-1-2-6-7(3-5)13-4-8(15)14-6;/h1-3,13H,4H2,(H,14,15);/q-1;+1. The summed E-state index contributed by atoms with van der Waals surface area (Å²) in [5.74, 6) is -0.257. The van der Waals surface area contributed by atoms with Crippen molar-refractivity contribution in [3.8, 4) is 0 Å². The molecule has 0 unspecified atom stereocenters. The molecule has 2 rings (SSSR count). The first-order chi connectivity index (χ1) is 6.97. The van der Waals surface area contributed by atoms with Crippen LogP contribution in [0, 0.1) is 0 Å². The van der Waals surface area contributed by atoms with Gasteiger partial charge in [0.05, 0.1) is 17.9 Å². The zero-order valence-corrected chi connectivity index (χ0v) is 11.7. The van der Waals surface area contributed by atoms with Crippen molar-refractivity contribution in [2.75, 3.05) is 17.2 Å². The first-order valence-electron chi connectivity index (χ1n) is 4.34. The van der Waals surface area contributed by atoms with Gasteiger partial charge in [-0.3, -0.25) is 4.79 Å². The van der Waals surface area contributed by atoms with Crippen LogP contribution in [0.4, 0.5) is 24.3 Å². The molecule has 80 valence electrons. The molecule has 1 aromatic carbocycles. The summed E-state index contributed by atoms with van der Waals surface area (Å²) in [6, 6.07) is 3.23. The Balaban J connectivity index is 0.00000128. The molecule has 1 amide bonds. The van der Waals surface area contributed by atoms with E-state index in [0.29, 0.717) is 11.4 Å². The van der Waals surface area contributed by atoms with Gasteiger partial charge in [-0.25, -0.2) is 0 Å². The molecule has 0 fully saturated rings. The maximum absolute atomic E-state index is 12.4. The molecule has 0 spiro atoms. The molecule has 8 heteroatoms. The largest absolute Gasteiger partial charge is 1.00 e. The predicted octanol–water partition coefficient (Wildman–Crippen LogP) is -1.89. The van der Waals surface area contributed by atoms with E-state index < -0.39 is 12.4 Å². The molecule has 0 saturated carbocycles. The predicted molar refractivity (Wildman–Crippen MR) is 52.3 cm³/mol. The van der Waals surface area contributed by atoms with Gasteiger partial charge in [0, 0.05) is 0 Å². The van der Waals surface area contributed by atoms with E-state index in [4.69, 9.17) is 0 Å². The molecular weight excluding hydrogens is 247 g/mol. The minimum absolute atomic E-state index is 0. The Morgan fingerprint density at radius 2 is 1.88 bits per heavy atom. The fraction of sp³-hybridized carbons (Fsp3) is 0.125. The van der Waals surface area contributed by atoms with Crippen molar-refractivity contribution in [2.24, 2.45) is 0 Å². The quantitative estimate of drug-likeness (QED) is 0.575. The minimum Gasteiger partial charge on any atom is -0.445 e.